The van der Waals surface area contributed by atoms with Crippen LogP contribution in [0.15, 0.2) is 110 Å². The van der Waals surface area contributed by atoms with Crippen molar-refractivity contribution < 1.29 is 24.4 Å². The lowest BCUT2D eigenvalue weighted by molar-refractivity contribution is 0.100. The van der Waals surface area contributed by atoms with Gasteiger partial charge in [0, 0.05) is 52.3 Å². The molecule has 3 aromatic carbocycles. The summed E-state index contributed by atoms with van der Waals surface area (Å²) < 4.78 is 3.86. The van der Waals surface area contributed by atoms with Gasteiger partial charge in [-0.05, 0) is 88.6 Å². The van der Waals surface area contributed by atoms with Crippen LogP contribution in [0.4, 0.5) is 0 Å². The number of imidazole rings is 3. The molecule has 0 atom stereocenters. The molecule has 0 amide bonds. The molecule has 0 fully saturated rings. The Labute approximate surface area is 294 Å². The van der Waals surface area contributed by atoms with Crippen LogP contribution in [-0.2, 0) is 0 Å². The summed E-state index contributed by atoms with van der Waals surface area (Å²) in [5.74, 6) is 0.144. The molecule has 3 aromatic heterocycles. The van der Waals surface area contributed by atoms with E-state index in [4.69, 9.17) is 10.0 Å². The van der Waals surface area contributed by atoms with Gasteiger partial charge in [-0.3, -0.25) is 14.4 Å². The Kier molecular flexibility index (Phi) is 14.8. The highest BCUT2D eigenvalue weighted by molar-refractivity contribution is 9.09. The van der Waals surface area contributed by atoms with Crippen LogP contribution in [0.3, 0.4) is 0 Å². The third kappa shape index (κ3) is 12.4. The quantitative estimate of drug-likeness (QED) is 0.112. The second kappa shape index (κ2) is 18.9. The van der Waals surface area contributed by atoms with E-state index in [2.05, 4.69) is 35.9 Å². The van der Waals surface area contributed by atoms with Gasteiger partial charge in [0.2, 0.25) is 0 Å². The van der Waals surface area contributed by atoms with Gasteiger partial charge >= 0.3 is 7.12 Å². The number of nitrogens with zero attached hydrogens (tertiary/aromatic N) is 5. The molecule has 6 aromatic rings. The monoisotopic (exact) mass is 724 g/mol. The number of rotatable bonds is 7. The molecular formula is C36H38BBrN6O5. The first kappa shape index (κ1) is 38.2. The highest BCUT2D eigenvalue weighted by Crippen LogP contribution is 2.12. The average molecular weight is 725 g/mol. The Morgan fingerprint density at radius 1 is 0.714 bits per heavy atom. The summed E-state index contributed by atoms with van der Waals surface area (Å²) in [6, 6.07) is 21.1. The lowest BCUT2D eigenvalue weighted by Gasteiger charge is -2.02. The topological polar surface area (TPSA) is 156 Å². The molecule has 0 bridgehead atoms. The minimum Gasteiger partial charge on any atom is -0.423 e. The number of H-pyrrole nitrogens is 1. The van der Waals surface area contributed by atoms with Gasteiger partial charge in [0.1, 0.15) is 0 Å². The standard InChI is InChI=1S/C12H11BrN2O.C12H12N2O.C8H9BO3.C4H6N2/c1-9-7-15(8-14-9)11-4-2-10(3-5-11)12(16)6-13;1-9-7-14(8-13-9)12-5-3-11(4-6-12)10(2)15;1-6(10)7-2-4-8(5-3-7)9(11)12;1-4-2-5-3-6-4/h2-5,7-8H,6H2,1H3;3-8H,1-2H3;2-5,11-12H,1H3;2-3H,1H3,(H,5,6). The fourth-order valence-electron chi connectivity index (χ4n) is 4.11. The van der Waals surface area contributed by atoms with Gasteiger partial charge in [-0.1, -0.05) is 40.2 Å². The van der Waals surface area contributed by atoms with Crippen molar-refractivity contribution in [1.29, 1.82) is 0 Å². The van der Waals surface area contributed by atoms with Gasteiger partial charge in [0.25, 0.3) is 0 Å². The molecule has 252 valence electrons. The van der Waals surface area contributed by atoms with E-state index in [0.717, 1.165) is 39.6 Å². The first-order valence-corrected chi connectivity index (χ1v) is 16.2. The molecule has 0 radical (unpaired) electrons. The SMILES string of the molecule is CC(=O)c1ccc(-n2cnc(C)c2)cc1.CC(=O)c1ccc(B(O)O)cc1.Cc1cn(-c2ccc(C(=O)CBr)cc2)cn1.Cc1cnc[nH]1. The fraction of sp³-hybridized carbons (Fsp3) is 0.167. The van der Waals surface area contributed by atoms with E-state index in [0.29, 0.717) is 16.4 Å². The number of carbonyl (C=O) groups excluding carboxylic acids is 3. The summed E-state index contributed by atoms with van der Waals surface area (Å²) in [4.78, 5) is 48.2. The van der Waals surface area contributed by atoms with Crippen molar-refractivity contribution in [3.05, 3.63) is 144 Å². The predicted octanol–water partition coefficient (Wildman–Crippen LogP) is 5.43. The van der Waals surface area contributed by atoms with Crippen LogP contribution in [-0.4, -0.2) is 68.9 Å². The lowest BCUT2D eigenvalue weighted by atomic mass is 9.80. The molecule has 13 heteroatoms. The molecular weight excluding hydrogens is 687 g/mol. The zero-order valence-electron chi connectivity index (χ0n) is 27.9. The smallest absolute Gasteiger partial charge is 0.423 e. The summed E-state index contributed by atoms with van der Waals surface area (Å²) in [5, 5.41) is 17.8. The Morgan fingerprint density at radius 2 is 1.14 bits per heavy atom. The molecule has 0 aliphatic heterocycles. The van der Waals surface area contributed by atoms with Crippen LogP contribution >= 0.6 is 15.9 Å². The van der Waals surface area contributed by atoms with Gasteiger partial charge in [-0.15, -0.1) is 0 Å². The number of nitrogens with one attached hydrogen (secondary N) is 1. The van der Waals surface area contributed by atoms with E-state index >= 15 is 0 Å². The summed E-state index contributed by atoms with van der Waals surface area (Å²) in [6.45, 7) is 8.88. The first-order valence-electron chi connectivity index (χ1n) is 15.1. The van der Waals surface area contributed by atoms with Crippen molar-refractivity contribution in [3.8, 4) is 11.4 Å². The van der Waals surface area contributed by atoms with E-state index in [-0.39, 0.29) is 17.3 Å². The van der Waals surface area contributed by atoms with Gasteiger partial charge < -0.3 is 24.2 Å². The van der Waals surface area contributed by atoms with Crippen molar-refractivity contribution in [1.82, 2.24) is 29.1 Å². The van der Waals surface area contributed by atoms with Crippen molar-refractivity contribution in [2.75, 3.05) is 5.33 Å². The van der Waals surface area contributed by atoms with Gasteiger partial charge in [0.15, 0.2) is 17.3 Å². The number of alkyl halides is 1. The molecule has 3 N–H and O–H groups in total. The highest BCUT2D eigenvalue weighted by atomic mass is 79.9. The van der Waals surface area contributed by atoms with Crippen LogP contribution in [0.2, 0.25) is 0 Å². The summed E-state index contributed by atoms with van der Waals surface area (Å²) in [7, 11) is -1.47. The zero-order chi connectivity index (χ0) is 35.9. The molecule has 0 unspecified atom stereocenters. The summed E-state index contributed by atoms with van der Waals surface area (Å²) >= 11 is 3.15. The Balaban J connectivity index is 0.000000185. The van der Waals surface area contributed by atoms with Crippen molar-refractivity contribution >= 4 is 45.9 Å². The van der Waals surface area contributed by atoms with Crippen LogP contribution in [0.5, 0.6) is 0 Å². The summed E-state index contributed by atoms with van der Waals surface area (Å²) in [5.41, 5.74) is 7.49. The number of halogens is 1. The van der Waals surface area contributed by atoms with E-state index in [9.17, 15) is 14.4 Å². The molecule has 0 saturated heterocycles. The molecule has 11 nitrogen and oxygen atoms in total. The number of hydrogen-bond acceptors (Lipinski definition) is 8. The Hall–Kier alpha value is -5.24. The number of aromatic amines is 1. The second-order valence-corrected chi connectivity index (χ2v) is 11.4. The van der Waals surface area contributed by atoms with Crippen LogP contribution in [0.25, 0.3) is 11.4 Å². The predicted molar refractivity (Wildman–Crippen MR) is 194 cm³/mol. The molecule has 0 saturated carbocycles. The lowest BCUT2D eigenvalue weighted by Crippen LogP contribution is -2.29. The molecule has 3 heterocycles. The normalized spacial score (nSPS) is 9.96. The Bertz CT molecular complexity index is 1920. The molecule has 0 aliphatic carbocycles. The molecule has 49 heavy (non-hydrogen) atoms. The van der Waals surface area contributed by atoms with Crippen LogP contribution < -0.4 is 5.46 Å². The van der Waals surface area contributed by atoms with E-state index in [1.165, 1.54) is 19.1 Å². The van der Waals surface area contributed by atoms with Crippen molar-refractivity contribution in [2.24, 2.45) is 0 Å². The summed E-state index contributed by atoms with van der Waals surface area (Å²) in [6.07, 6.45) is 10.9. The number of ketones is 3. The maximum absolute atomic E-state index is 11.4. The van der Waals surface area contributed by atoms with Crippen molar-refractivity contribution in [2.45, 2.75) is 34.6 Å². The minimum absolute atomic E-state index is 0.0334. The molecule has 0 spiro atoms. The van der Waals surface area contributed by atoms with Crippen LogP contribution in [0, 0.1) is 20.8 Å². The maximum Gasteiger partial charge on any atom is 0.488 e. The number of hydrogen-bond donors (Lipinski definition) is 3. The minimum atomic E-state index is -1.47. The third-order valence-electron chi connectivity index (χ3n) is 6.85. The maximum atomic E-state index is 11.4. The number of Topliss-reactive ketones (excluding diaryl/α,β-unsaturated/α-hetero) is 3. The number of benzene rings is 3. The number of carbonyl (C=O) groups is 3. The van der Waals surface area contributed by atoms with E-state index in [1.54, 1.807) is 44.2 Å². The van der Waals surface area contributed by atoms with Gasteiger partial charge in [-0.2, -0.15) is 0 Å². The molecule has 0 aliphatic rings. The van der Waals surface area contributed by atoms with Crippen LogP contribution in [0.1, 0.15) is 62.0 Å². The first-order chi connectivity index (χ1) is 23.4. The highest BCUT2D eigenvalue weighted by Gasteiger charge is 2.10. The number of aryl methyl sites for hydroxylation is 3. The second-order valence-electron chi connectivity index (χ2n) is 10.8. The van der Waals surface area contributed by atoms with Gasteiger partial charge in [0.05, 0.1) is 35.7 Å². The third-order valence-corrected chi connectivity index (χ3v) is 7.36. The zero-order valence-corrected chi connectivity index (χ0v) is 29.5. The Morgan fingerprint density at radius 3 is 1.43 bits per heavy atom. The molecule has 6 rings (SSSR count). The van der Waals surface area contributed by atoms with Gasteiger partial charge in [-0.25, -0.2) is 15.0 Å². The fourth-order valence-corrected chi connectivity index (χ4v) is 4.43. The van der Waals surface area contributed by atoms with Crippen molar-refractivity contribution in [3.63, 3.8) is 0 Å². The van der Waals surface area contributed by atoms with E-state index < -0.39 is 7.12 Å². The van der Waals surface area contributed by atoms with E-state index in [1.807, 2.05) is 90.8 Å². The largest absolute Gasteiger partial charge is 0.488 e. The average Bonchev–Trinajstić information content (AvgIpc) is 3.88. The number of aromatic nitrogens is 6.